The van der Waals surface area contributed by atoms with E-state index in [2.05, 4.69) is 0 Å². The first kappa shape index (κ1) is 16.3. The lowest BCUT2D eigenvalue weighted by Gasteiger charge is -2.21. The lowest BCUT2D eigenvalue weighted by atomic mass is 10.2. The predicted molar refractivity (Wildman–Crippen MR) is 91.0 cm³/mol. The van der Waals surface area contributed by atoms with Gasteiger partial charge in [-0.15, -0.1) is 11.3 Å². The van der Waals surface area contributed by atoms with E-state index in [1.807, 2.05) is 17.5 Å². The SMILES string of the molecule is NC(=O)CCN(C(=O)C=Cc1cccs1)c1ccccc1Cl. The van der Waals surface area contributed by atoms with Crippen LogP contribution in [0.3, 0.4) is 0 Å². The summed E-state index contributed by atoms with van der Waals surface area (Å²) in [6.07, 6.45) is 3.28. The Hall–Kier alpha value is -2.11. The van der Waals surface area contributed by atoms with Crippen molar-refractivity contribution in [1.29, 1.82) is 0 Å². The molecule has 0 atom stereocenters. The number of halogens is 1. The second-order valence-corrected chi connectivity index (χ2v) is 5.89. The molecule has 0 saturated carbocycles. The Balaban J connectivity index is 2.22. The van der Waals surface area contributed by atoms with Crippen molar-refractivity contribution in [3.05, 3.63) is 57.8 Å². The molecule has 114 valence electrons. The minimum absolute atomic E-state index is 0.0732. The zero-order valence-electron chi connectivity index (χ0n) is 11.7. The van der Waals surface area contributed by atoms with E-state index in [4.69, 9.17) is 17.3 Å². The van der Waals surface area contributed by atoms with Gasteiger partial charge in [0, 0.05) is 23.9 Å². The Morgan fingerprint density at radius 1 is 1.23 bits per heavy atom. The van der Waals surface area contributed by atoms with E-state index < -0.39 is 5.91 Å². The van der Waals surface area contributed by atoms with Crippen LogP contribution in [-0.4, -0.2) is 18.4 Å². The van der Waals surface area contributed by atoms with Crippen LogP contribution in [0.1, 0.15) is 11.3 Å². The Labute approximate surface area is 137 Å². The summed E-state index contributed by atoms with van der Waals surface area (Å²) < 4.78 is 0. The van der Waals surface area contributed by atoms with E-state index in [1.54, 1.807) is 30.3 Å². The number of rotatable bonds is 6. The molecule has 6 heteroatoms. The van der Waals surface area contributed by atoms with Gasteiger partial charge >= 0.3 is 0 Å². The van der Waals surface area contributed by atoms with Crippen molar-refractivity contribution in [2.45, 2.75) is 6.42 Å². The fourth-order valence-electron chi connectivity index (χ4n) is 1.87. The summed E-state index contributed by atoms with van der Waals surface area (Å²) in [6, 6.07) is 10.8. The molecule has 0 aliphatic heterocycles. The molecule has 1 aromatic carbocycles. The summed E-state index contributed by atoms with van der Waals surface area (Å²) >= 11 is 7.68. The van der Waals surface area contributed by atoms with Crippen molar-refractivity contribution in [3.63, 3.8) is 0 Å². The van der Waals surface area contributed by atoms with E-state index >= 15 is 0 Å². The third-order valence-electron chi connectivity index (χ3n) is 2.92. The average molecular weight is 335 g/mol. The van der Waals surface area contributed by atoms with Crippen LogP contribution in [0, 0.1) is 0 Å². The Bertz CT molecular complexity index is 683. The quantitative estimate of drug-likeness (QED) is 0.824. The van der Waals surface area contributed by atoms with Crippen molar-refractivity contribution < 1.29 is 9.59 Å². The number of benzene rings is 1. The number of carbonyl (C=O) groups is 2. The number of amides is 2. The maximum Gasteiger partial charge on any atom is 0.251 e. The zero-order chi connectivity index (χ0) is 15.9. The van der Waals surface area contributed by atoms with E-state index in [0.29, 0.717) is 10.7 Å². The molecule has 2 rings (SSSR count). The van der Waals surface area contributed by atoms with Crippen molar-refractivity contribution in [2.24, 2.45) is 5.73 Å². The van der Waals surface area contributed by atoms with Crippen molar-refractivity contribution in [3.8, 4) is 0 Å². The summed E-state index contributed by atoms with van der Waals surface area (Å²) in [5.41, 5.74) is 5.74. The number of nitrogens with zero attached hydrogens (tertiary/aromatic N) is 1. The molecule has 0 unspecified atom stereocenters. The molecule has 0 radical (unpaired) electrons. The zero-order valence-corrected chi connectivity index (χ0v) is 13.3. The summed E-state index contributed by atoms with van der Waals surface area (Å²) in [4.78, 5) is 25.9. The fourth-order valence-corrected chi connectivity index (χ4v) is 2.73. The monoisotopic (exact) mass is 334 g/mol. The van der Waals surface area contributed by atoms with Crippen molar-refractivity contribution in [2.75, 3.05) is 11.4 Å². The second kappa shape index (κ2) is 7.77. The second-order valence-electron chi connectivity index (χ2n) is 4.51. The molecule has 2 aromatic rings. The molecule has 2 amide bonds. The molecule has 2 N–H and O–H groups in total. The van der Waals surface area contributed by atoms with Gasteiger partial charge in [-0.05, 0) is 29.7 Å². The van der Waals surface area contributed by atoms with Crippen LogP contribution in [0.5, 0.6) is 0 Å². The van der Waals surface area contributed by atoms with Gasteiger partial charge in [0.2, 0.25) is 5.91 Å². The average Bonchev–Trinajstić information content (AvgIpc) is 3.00. The van der Waals surface area contributed by atoms with Crippen LogP contribution >= 0.6 is 22.9 Å². The van der Waals surface area contributed by atoms with Gasteiger partial charge in [-0.3, -0.25) is 9.59 Å². The molecule has 1 aromatic heterocycles. The van der Waals surface area contributed by atoms with Crippen molar-refractivity contribution >= 4 is 46.5 Å². The molecular formula is C16H15ClN2O2S. The van der Waals surface area contributed by atoms with Gasteiger partial charge in [-0.2, -0.15) is 0 Å². The van der Waals surface area contributed by atoms with Crippen LogP contribution < -0.4 is 10.6 Å². The van der Waals surface area contributed by atoms with Gasteiger partial charge in [-0.25, -0.2) is 0 Å². The standard InChI is InChI=1S/C16H15ClN2O2S/c17-13-5-1-2-6-14(13)19(10-9-15(18)20)16(21)8-7-12-4-3-11-22-12/h1-8,11H,9-10H2,(H2,18,20). The van der Waals surface area contributed by atoms with E-state index in [0.717, 1.165) is 4.88 Å². The summed E-state index contributed by atoms with van der Waals surface area (Å²) in [7, 11) is 0. The minimum Gasteiger partial charge on any atom is -0.370 e. The molecule has 4 nitrogen and oxygen atoms in total. The molecule has 1 heterocycles. The molecule has 0 bridgehead atoms. The van der Waals surface area contributed by atoms with Crippen LogP contribution in [0.15, 0.2) is 47.9 Å². The Morgan fingerprint density at radius 2 is 2.00 bits per heavy atom. The molecule has 0 spiro atoms. The van der Waals surface area contributed by atoms with Gasteiger partial charge in [0.1, 0.15) is 0 Å². The Morgan fingerprint density at radius 3 is 2.64 bits per heavy atom. The topological polar surface area (TPSA) is 63.4 Å². The molecule has 0 saturated heterocycles. The number of nitrogens with two attached hydrogens (primary N) is 1. The molecule has 0 aliphatic rings. The van der Waals surface area contributed by atoms with Gasteiger partial charge in [0.05, 0.1) is 10.7 Å². The number of hydrogen-bond donors (Lipinski definition) is 1. The highest BCUT2D eigenvalue weighted by Gasteiger charge is 2.16. The van der Waals surface area contributed by atoms with E-state index in [-0.39, 0.29) is 18.9 Å². The summed E-state index contributed by atoms with van der Waals surface area (Å²) in [5.74, 6) is -0.713. The lowest BCUT2D eigenvalue weighted by Crippen LogP contribution is -2.33. The minimum atomic E-state index is -0.466. The maximum atomic E-state index is 12.4. The number of carbonyl (C=O) groups excluding carboxylic acids is 2. The molecule has 0 fully saturated rings. The molecule has 22 heavy (non-hydrogen) atoms. The first-order chi connectivity index (χ1) is 10.6. The highest BCUT2D eigenvalue weighted by Crippen LogP contribution is 2.26. The number of anilines is 1. The fraction of sp³-hybridized carbons (Fsp3) is 0.125. The number of para-hydroxylation sites is 1. The normalized spacial score (nSPS) is 10.8. The molecule has 0 aliphatic carbocycles. The first-order valence-electron chi connectivity index (χ1n) is 6.64. The highest BCUT2D eigenvalue weighted by molar-refractivity contribution is 7.10. The number of hydrogen-bond acceptors (Lipinski definition) is 3. The van der Waals surface area contributed by atoms with Crippen LogP contribution in [0.4, 0.5) is 5.69 Å². The van der Waals surface area contributed by atoms with Crippen LogP contribution in [0.25, 0.3) is 6.08 Å². The maximum absolute atomic E-state index is 12.4. The highest BCUT2D eigenvalue weighted by atomic mass is 35.5. The Kier molecular flexibility index (Phi) is 5.75. The van der Waals surface area contributed by atoms with Gasteiger partial charge < -0.3 is 10.6 Å². The third kappa shape index (κ3) is 4.44. The summed E-state index contributed by atoms with van der Waals surface area (Å²) in [6.45, 7) is 0.187. The number of thiophene rings is 1. The van der Waals surface area contributed by atoms with E-state index in [1.165, 1.54) is 22.3 Å². The number of primary amides is 1. The predicted octanol–water partition coefficient (Wildman–Crippen LogP) is 3.32. The van der Waals surface area contributed by atoms with Crippen LogP contribution in [0.2, 0.25) is 5.02 Å². The van der Waals surface area contributed by atoms with Crippen LogP contribution in [-0.2, 0) is 9.59 Å². The van der Waals surface area contributed by atoms with Gasteiger partial charge in [-0.1, -0.05) is 29.8 Å². The van der Waals surface area contributed by atoms with Crippen molar-refractivity contribution in [1.82, 2.24) is 0 Å². The summed E-state index contributed by atoms with van der Waals surface area (Å²) in [5, 5.41) is 2.38. The third-order valence-corrected chi connectivity index (χ3v) is 4.08. The smallest absolute Gasteiger partial charge is 0.251 e. The first-order valence-corrected chi connectivity index (χ1v) is 7.89. The largest absolute Gasteiger partial charge is 0.370 e. The lowest BCUT2D eigenvalue weighted by molar-refractivity contribution is -0.118. The molecular weight excluding hydrogens is 320 g/mol. The van der Waals surface area contributed by atoms with E-state index in [9.17, 15) is 9.59 Å². The van der Waals surface area contributed by atoms with Gasteiger partial charge in [0.25, 0.3) is 5.91 Å². The van der Waals surface area contributed by atoms with Gasteiger partial charge in [0.15, 0.2) is 0 Å².